The lowest BCUT2D eigenvalue weighted by Crippen LogP contribution is -1.95. The second kappa shape index (κ2) is 4.89. The van der Waals surface area contributed by atoms with Gasteiger partial charge >= 0.3 is 0 Å². The monoisotopic (exact) mass is 258 g/mol. The number of benzene rings is 1. The van der Waals surface area contributed by atoms with E-state index >= 15 is 0 Å². The molecule has 0 fully saturated rings. The van der Waals surface area contributed by atoms with E-state index < -0.39 is 0 Å². The summed E-state index contributed by atoms with van der Waals surface area (Å²) in [6.45, 7) is 0. The van der Waals surface area contributed by atoms with Crippen LogP contribution in [0.25, 0.3) is 0 Å². The van der Waals surface area contributed by atoms with Gasteiger partial charge in [-0.2, -0.15) is 0 Å². The Balaban J connectivity index is 2.10. The number of rotatable bonds is 3. The first kappa shape index (κ1) is 11.5. The number of alkyl halides is 1. The zero-order valence-corrected chi connectivity index (χ0v) is 9.80. The van der Waals surface area contributed by atoms with Crippen LogP contribution in [-0.2, 0) is 6.42 Å². The summed E-state index contributed by atoms with van der Waals surface area (Å²) in [5.74, 6) is -0.254. The van der Waals surface area contributed by atoms with Gasteiger partial charge in [0.25, 0.3) is 0 Å². The first-order chi connectivity index (χ1) is 7.66. The Morgan fingerprint density at radius 2 is 1.88 bits per heavy atom. The summed E-state index contributed by atoms with van der Waals surface area (Å²) in [7, 11) is 0. The largest absolute Gasteiger partial charge is 0.453 e. The minimum atomic E-state index is -0.267. The van der Waals surface area contributed by atoms with Crippen LogP contribution in [0.1, 0.15) is 16.5 Å². The van der Waals surface area contributed by atoms with Crippen molar-refractivity contribution < 1.29 is 8.81 Å². The van der Waals surface area contributed by atoms with Crippen LogP contribution in [-0.4, -0.2) is 0 Å². The van der Waals surface area contributed by atoms with Gasteiger partial charge in [0, 0.05) is 5.56 Å². The first-order valence-electron chi connectivity index (χ1n) is 4.78. The van der Waals surface area contributed by atoms with Gasteiger partial charge in [-0.25, -0.2) is 4.39 Å². The predicted octanol–water partition coefficient (Wildman–Crippen LogP) is 4.59. The Bertz CT molecular complexity index is 464. The topological polar surface area (TPSA) is 13.1 Å². The third-order valence-electron chi connectivity index (χ3n) is 2.31. The molecule has 1 atom stereocenters. The van der Waals surface area contributed by atoms with Gasteiger partial charge in [0.1, 0.15) is 5.82 Å². The van der Waals surface area contributed by atoms with Crippen molar-refractivity contribution in [2.24, 2.45) is 0 Å². The van der Waals surface area contributed by atoms with E-state index in [1.807, 2.05) is 0 Å². The molecule has 0 spiro atoms. The molecular weight excluding hydrogens is 250 g/mol. The molecule has 0 aliphatic rings. The van der Waals surface area contributed by atoms with Gasteiger partial charge in [0.05, 0.1) is 11.6 Å². The SMILES string of the molecule is Fc1ccc(CC(Cl)c2ccoc2Cl)cc1. The molecule has 0 saturated heterocycles. The van der Waals surface area contributed by atoms with Gasteiger partial charge in [0.2, 0.25) is 0 Å². The van der Waals surface area contributed by atoms with Crippen molar-refractivity contribution in [2.75, 3.05) is 0 Å². The Kier molecular flexibility index (Phi) is 3.52. The highest BCUT2D eigenvalue weighted by molar-refractivity contribution is 6.31. The first-order valence-corrected chi connectivity index (χ1v) is 5.59. The van der Waals surface area contributed by atoms with Crippen LogP contribution in [0.15, 0.2) is 41.0 Å². The minimum Gasteiger partial charge on any atom is -0.453 e. The molecule has 0 N–H and O–H groups in total. The molecule has 4 heteroatoms. The van der Waals surface area contributed by atoms with Gasteiger partial charge in [-0.3, -0.25) is 0 Å². The van der Waals surface area contributed by atoms with Crippen molar-refractivity contribution in [3.8, 4) is 0 Å². The van der Waals surface area contributed by atoms with Crippen LogP contribution in [0.4, 0.5) is 4.39 Å². The van der Waals surface area contributed by atoms with E-state index in [4.69, 9.17) is 27.6 Å². The van der Waals surface area contributed by atoms with Crippen molar-refractivity contribution in [1.82, 2.24) is 0 Å². The van der Waals surface area contributed by atoms with Crippen LogP contribution in [0.2, 0.25) is 5.22 Å². The van der Waals surface area contributed by atoms with Crippen LogP contribution in [0, 0.1) is 5.82 Å². The maximum atomic E-state index is 12.7. The van der Waals surface area contributed by atoms with E-state index in [-0.39, 0.29) is 11.2 Å². The highest BCUT2D eigenvalue weighted by Crippen LogP contribution is 2.31. The fraction of sp³-hybridized carbons (Fsp3) is 0.167. The molecule has 1 aromatic carbocycles. The Labute approximate surface area is 103 Å². The molecule has 2 aromatic rings. The molecule has 0 aliphatic heterocycles. The fourth-order valence-electron chi connectivity index (χ4n) is 1.47. The van der Waals surface area contributed by atoms with Crippen LogP contribution in [0.3, 0.4) is 0 Å². The molecule has 0 radical (unpaired) electrons. The van der Waals surface area contributed by atoms with E-state index in [2.05, 4.69) is 0 Å². The maximum Gasteiger partial charge on any atom is 0.197 e. The van der Waals surface area contributed by atoms with Gasteiger partial charge < -0.3 is 4.42 Å². The second-order valence-corrected chi connectivity index (χ2v) is 4.32. The molecular formula is C12H9Cl2FO. The van der Waals surface area contributed by atoms with E-state index in [0.29, 0.717) is 11.6 Å². The Morgan fingerprint density at radius 1 is 1.19 bits per heavy atom. The van der Waals surface area contributed by atoms with E-state index in [0.717, 1.165) is 11.1 Å². The highest BCUT2D eigenvalue weighted by Gasteiger charge is 2.14. The zero-order valence-electron chi connectivity index (χ0n) is 8.29. The Morgan fingerprint density at radius 3 is 2.44 bits per heavy atom. The summed E-state index contributed by atoms with van der Waals surface area (Å²) in [5, 5.41) is 0.0406. The van der Waals surface area contributed by atoms with Crippen LogP contribution >= 0.6 is 23.2 Å². The second-order valence-electron chi connectivity index (χ2n) is 3.45. The lowest BCUT2D eigenvalue weighted by atomic mass is 10.1. The Hall–Kier alpha value is -0.990. The number of halogens is 3. The average molecular weight is 259 g/mol. The third kappa shape index (κ3) is 2.57. The van der Waals surface area contributed by atoms with Crippen LogP contribution in [0.5, 0.6) is 0 Å². The molecule has 0 bridgehead atoms. The van der Waals surface area contributed by atoms with Crippen molar-refractivity contribution in [3.63, 3.8) is 0 Å². The highest BCUT2D eigenvalue weighted by atomic mass is 35.5. The van der Waals surface area contributed by atoms with Crippen molar-refractivity contribution in [1.29, 1.82) is 0 Å². The number of hydrogen-bond acceptors (Lipinski definition) is 1. The molecule has 1 unspecified atom stereocenters. The standard InChI is InChI=1S/C12H9Cl2FO/c13-11(10-5-6-16-12(10)14)7-8-1-3-9(15)4-2-8/h1-6,11H,7H2. The minimum absolute atomic E-state index is 0.254. The summed E-state index contributed by atoms with van der Waals surface area (Å²) in [4.78, 5) is 0. The van der Waals surface area contributed by atoms with E-state index in [1.54, 1.807) is 18.2 Å². The quantitative estimate of drug-likeness (QED) is 0.734. The summed E-state index contributed by atoms with van der Waals surface area (Å²) >= 11 is 12.0. The predicted molar refractivity (Wildman–Crippen MR) is 62.4 cm³/mol. The van der Waals surface area contributed by atoms with Crippen molar-refractivity contribution in [2.45, 2.75) is 11.8 Å². The normalized spacial score (nSPS) is 12.7. The smallest absolute Gasteiger partial charge is 0.197 e. The van der Waals surface area contributed by atoms with Crippen molar-refractivity contribution >= 4 is 23.2 Å². The zero-order chi connectivity index (χ0) is 11.5. The van der Waals surface area contributed by atoms with Gasteiger partial charge in [-0.15, -0.1) is 11.6 Å². The summed E-state index contributed by atoms with van der Waals surface area (Å²) in [6.07, 6.45) is 2.08. The number of furan rings is 1. The van der Waals surface area contributed by atoms with Gasteiger partial charge in [-0.05, 0) is 41.8 Å². The molecule has 84 valence electrons. The lowest BCUT2D eigenvalue weighted by molar-refractivity contribution is 0.565. The summed E-state index contributed by atoms with van der Waals surface area (Å²) in [6, 6.07) is 7.98. The van der Waals surface area contributed by atoms with E-state index in [1.165, 1.54) is 18.4 Å². The molecule has 1 aromatic heterocycles. The molecule has 0 amide bonds. The maximum absolute atomic E-state index is 12.7. The number of hydrogen-bond donors (Lipinski definition) is 0. The van der Waals surface area contributed by atoms with Gasteiger partial charge in [-0.1, -0.05) is 12.1 Å². The summed E-state index contributed by atoms with van der Waals surface area (Å²) in [5.41, 5.74) is 1.71. The van der Waals surface area contributed by atoms with Crippen LogP contribution < -0.4 is 0 Å². The third-order valence-corrected chi connectivity index (χ3v) is 3.01. The molecule has 0 saturated carbocycles. The molecule has 1 nitrogen and oxygen atoms in total. The molecule has 16 heavy (non-hydrogen) atoms. The molecule has 2 rings (SSSR count). The molecule has 1 heterocycles. The van der Waals surface area contributed by atoms with E-state index in [9.17, 15) is 4.39 Å². The molecule has 0 aliphatic carbocycles. The lowest BCUT2D eigenvalue weighted by Gasteiger charge is -2.07. The average Bonchev–Trinajstić information content (AvgIpc) is 2.68. The summed E-state index contributed by atoms with van der Waals surface area (Å²) < 4.78 is 17.7. The van der Waals surface area contributed by atoms with Gasteiger partial charge in [0.15, 0.2) is 5.22 Å². The van der Waals surface area contributed by atoms with Crippen molar-refractivity contribution in [3.05, 3.63) is 58.8 Å². The fourth-order valence-corrected chi connectivity index (χ4v) is 2.12.